The number of aliphatic hydroxyl groups is 1. The molecule has 0 saturated carbocycles. The van der Waals surface area contributed by atoms with E-state index in [0.29, 0.717) is 0 Å². The zero-order valence-electron chi connectivity index (χ0n) is 13.7. The van der Waals surface area contributed by atoms with Gasteiger partial charge in [0.15, 0.2) is 0 Å². The first-order chi connectivity index (χ1) is 10.1. The van der Waals surface area contributed by atoms with Gasteiger partial charge in [-0.3, -0.25) is 0 Å². The molecule has 2 N–H and O–H groups in total. The minimum atomic E-state index is -0.328. The normalized spacial score (nSPS) is 26.5. The maximum Gasteiger partial charge on any atom is 0.0678 e. The van der Waals surface area contributed by atoms with Gasteiger partial charge in [0.25, 0.3) is 0 Å². The van der Waals surface area contributed by atoms with Crippen molar-refractivity contribution >= 4 is 0 Å². The van der Waals surface area contributed by atoms with Crippen LogP contribution in [0.1, 0.15) is 32.3 Å². The van der Waals surface area contributed by atoms with E-state index >= 15 is 0 Å². The van der Waals surface area contributed by atoms with Crippen LogP contribution in [-0.2, 0) is 5.54 Å². The Morgan fingerprint density at radius 3 is 2.33 bits per heavy atom. The first-order valence-corrected chi connectivity index (χ1v) is 8.17. The topological polar surface area (TPSA) is 35.5 Å². The molecule has 21 heavy (non-hydrogen) atoms. The van der Waals surface area contributed by atoms with E-state index in [9.17, 15) is 5.11 Å². The molecule has 3 nitrogen and oxygen atoms in total. The summed E-state index contributed by atoms with van der Waals surface area (Å²) >= 11 is 0. The number of likely N-dealkylation sites (tertiary alicyclic amines) is 1. The lowest BCUT2D eigenvalue weighted by molar-refractivity contribution is 0.103. The Hall–Kier alpha value is -0.900. The zero-order chi connectivity index (χ0) is 15.3. The van der Waals surface area contributed by atoms with Crippen LogP contribution in [0.4, 0.5) is 0 Å². The standard InChI is InChI=1S/C18H30N2O/c1-15-11-16(2)13-20(12-15)10-9-18(14-21,19-3)17-7-5-4-6-8-17/h4-8,15-16,19,21H,9-14H2,1-3H3. The summed E-state index contributed by atoms with van der Waals surface area (Å²) in [6.45, 7) is 8.22. The molecule has 0 bridgehead atoms. The molecular weight excluding hydrogens is 260 g/mol. The average Bonchev–Trinajstić information content (AvgIpc) is 2.49. The third kappa shape index (κ3) is 4.06. The molecule has 0 amide bonds. The van der Waals surface area contributed by atoms with Crippen LogP contribution in [0.25, 0.3) is 0 Å². The van der Waals surface area contributed by atoms with Crippen LogP contribution >= 0.6 is 0 Å². The second-order valence-electron chi connectivity index (χ2n) is 6.81. The molecule has 1 saturated heterocycles. The maximum absolute atomic E-state index is 9.98. The van der Waals surface area contributed by atoms with Crippen molar-refractivity contribution in [1.82, 2.24) is 10.2 Å². The van der Waals surface area contributed by atoms with Gasteiger partial charge in [-0.25, -0.2) is 0 Å². The molecule has 1 aromatic carbocycles. The molecule has 3 unspecified atom stereocenters. The number of nitrogens with one attached hydrogen (secondary N) is 1. The lowest BCUT2D eigenvalue weighted by Crippen LogP contribution is -2.48. The second kappa shape index (κ2) is 7.39. The van der Waals surface area contributed by atoms with Gasteiger partial charge in [0.2, 0.25) is 0 Å². The summed E-state index contributed by atoms with van der Waals surface area (Å²) in [4.78, 5) is 2.56. The summed E-state index contributed by atoms with van der Waals surface area (Å²) in [7, 11) is 1.95. The van der Waals surface area contributed by atoms with Crippen molar-refractivity contribution in [2.24, 2.45) is 11.8 Å². The molecule has 1 aliphatic heterocycles. The molecule has 3 atom stereocenters. The van der Waals surface area contributed by atoms with Crippen molar-refractivity contribution in [2.45, 2.75) is 32.2 Å². The molecule has 0 spiro atoms. The fraction of sp³-hybridized carbons (Fsp3) is 0.667. The Bertz CT molecular complexity index is 406. The highest BCUT2D eigenvalue weighted by atomic mass is 16.3. The van der Waals surface area contributed by atoms with Gasteiger partial charge in [-0.05, 0) is 37.3 Å². The van der Waals surface area contributed by atoms with E-state index in [2.05, 4.69) is 36.2 Å². The summed E-state index contributed by atoms with van der Waals surface area (Å²) in [6, 6.07) is 10.3. The number of likely N-dealkylation sites (N-methyl/N-ethyl adjacent to an activating group) is 1. The number of aliphatic hydroxyl groups excluding tert-OH is 1. The Morgan fingerprint density at radius 1 is 1.19 bits per heavy atom. The summed E-state index contributed by atoms with van der Waals surface area (Å²) in [5.41, 5.74) is 0.846. The molecule has 1 heterocycles. The second-order valence-corrected chi connectivity index (χ2v) is 6.81. The van der Waals surface area contributed by atoms with Crippen molar-refractivity contribution in [3.05, 3.63) is 35.9 Å². The quantitative estimate of drug-likeness (QED) is 0.845. The molecular formula is C18H30N2O. The fourth-order valence-electron chi connectivity index (χ4n) is 3.74. The van der Waals surface area contributed by atoms with Gasteiger partial charge in [-0.1, -0.05) is 44.2 Å². The predicted molar refractivity (Wildman–Crippen MR) is 88.3 cm³/mol. The largest absolute Gasteiger partial charge is 0.394 e. The third-order valence-electron chi connectivity index (χ3n) is 4.87. The van der Waals surface area contributed by atoms with E-state index in [-0.39, 0.29) is 12.1 Å². The lowest BCUT2D eigenvalue weighted by Gasteiger charge is -2.39. The van der Waals surface area contributed by atoms with E-state index < -0.39 is 0 Å². The van der Waals surface area contributed by atoms with Crippen LogP contribution in [0.5, 0.6) is 0 Å². The number of piperidine rings is 1. The summed E-state index contributed by atoms with van der Waals surface area (Å²) in [5, 5.41) is 13.3. The Morgan fingerprint density at radius 2 is 1.81 bits per heavy atom. The lowest BCUT2D eigenvalue weighted by atomic mass is 9.86. The number of nitrogens with zero attached hydrogens (tertiary/aromatic N) is 1. The number of rotatable bonds is 6. The van der Waals surface area contributed by atoms with Crippen molar-refractivity contribution in [1.29, 1.82) is 0 Å². The van der Waals surface area contributed by atoms with E-state index in [0.717, 1.165) is 24.8 Å². The minimum Gasteiger partial charge on any atom is -0.394 e. The summed E-state index contributed by atoms with van der Waals surface area (Å²) in [6.07, 6.45) is 2.27. The van der Waals surface area contributed by atoms with Crippen LogP contribution in [0.15, 0.2) is 30.3 Å². The van der Waals surface area contributed by atoms with Crippen LogP contribution in [0.2, 0.25) is 0 Å². The van der Waals surface area contributed by atoms with Crippen molar-refractivity contribution in [3.63, 3.8) is 0 Å². The van der Waals surface area contributed by atoms with Gasteiger partial charge in [0.1, 0.15) is 0 Å². The number of benzene rings is 1. The minimum absolute atomic E-state index is 0.131. The van der Waals surface area contributed by atoms with Crippen LogP contribution in [-0.4, -0.2) is 43.3 Å². The molecule has 0 radical (unpaired) electrons. The van der Waals surface area contributed by atoms with Gasteiger partial charge in [0, 0.05) is 19.6 Å². The van der Waals surface area contributed by atoms with E-state index in [1.54, 1.807) is 0 Å². The van der Waals surface area contributed by atoms with Gasteiger partial charge >= 0.3 is 0 Å². The summed E-state index contributed by atoms with van der Waals surface area (Å²) in [5.74, 6) is 1.56. The van der Waals surface area contributed by atoms with Crippen LogP contribution in [0.3, 0.4) is 0 Å². The third-order valence-corrected chi connectivity index (χ3v) is 4.87. The summed E-state index contributed by atoms with van der Waals surface area (Å²) < 4.78 is 0. The Kier molecular flexibility index (Phi) is 5.80. The maximum atomic E-state index is 9.98. The number of hydrogen-bond acceptors (Lipinski definition) is 3. The van der Waals surface area contributed by atoms with Crippen LogP contribution < -0.4 is 5.32 Å². The molecule has 2 rings (SSSR count). The van der Waals surface area contributed by atoms with Crippen LogP contribution in [0, 0.1) is 11.8 Å². The van der Waals surface area contributed by atoms with Gasteiger partial charge in [-0.2, -0.15) is 0 Å². The highest BCUT2D eigenvalue weighted by Gasteiger charge is 2.31. The molecule has 0 aliphatic carbocycles. The smallest absolute Gasteiger partial charge is 0.0678 e. The fourth-order valence-corrected chi connectivity index (χ4v) is 3.74. The Labute approximate surface area is 129 Å². The molecule has 1 aliphatic rings. The molecule has 1 fully saturated rings. The van der Waals surface area contributed by atoms with E-state index in [1.807, 2.05) is 25.2 Å². The van der Waals surface area contributed by atoms with Gasteiger partial charge in [-0.15, -0.1) is 0 Å². The van der Waals surface area contributed by atoms with Crippen molar-refractivity contribution in [2.75, 3.05) is 33.3 Å². The highest BCUT2D eigenvalue weighted by molar-refractivity contribution is 5.24. The average molecular weight is 290 g/mol. The predicted octanol–water partition coefficient (Wildman–Crippen LogP) is 2.46. The first kappa shape index (κ1) is 16.5. The number of hydrogen-bond donors (Lipinski definition) is 2. The zero-order valence-corrected chi connectivity index (χ0v) is 13.7. The van der Waals surface area contributed by atoms with E-state index in [1.165, 1.54) is 25.1 Å². The molecule has 3 heteroatoms. The van der Waals surface area contributed by atoms with E-state index in [4.69, 9.17) is 0 Å². The molecule has 0 aromatic heterocycles. The Balaban J connectivity index is 2.03. The van der Waals surface area contributed by atoms with Gasteiger partial charge in [0.05, 0.1) is 12.1 Å². The monoisotopic (exact) mass is 290 g/mol. The molecule has 1 aromatic rings. The SMILES string of the molecule is CNC(CO)(CCN1CC(C)CC(C)C1)c1ccccc1. The van der Waals surface area contributed by atoms with Crippen molar-refractivity contribution in [3.8, 4) is 0 Å². The van der Waals surface area contributed by atoms with Gasteiger partial charge < -0.3 is 15.3 Å². The first-order valence-electron chi connectivity index (χ1n) is 8.17. The molecule has 118 valence electrons. The highest BCUT2D eigenvalue weighted by Crippen LogP contribution is 2.27. The van der Waals surface area contributed by atoms with Crippen molar-refractivity contribution < 1.29 is 5.11 Å².